The summed E-state index contributed by atoms with van der Waals surface area (Å²) < 4.78 is 23.9. The summed E-state index contributed by atoms with van der Waals surface area (Å²) in [5.74, 6) is 0.630. The highest BCUT2D eigenvalue weighted by molar-refractivity contribution is 7.12. The molecular formula is C42H64N4O7SSi. The van der Waals surface area contributed by atoms with Crippen molar-refractivity contribution in [1.29, 1.82) is 0 Å². The summed E-state index contributed by atoms with van der Waals surface area (Å²) >= 11 is 1.60. The third-order valence-electron chi connectivity index (χ3n) is 11.0. The van der Waals surface area contributed by atoms with Gasteiger partial charge >= 0.3 is 12.2 Å². The summed E-state index contributed by atoms with van der Waals surface area (Å²) in [4.78, 5) is 54.3. The van der Waals surface area contributed by atoms with Gasteiger partial charge in [0.1, 0.15) is 17.0 Å². The smallest absolute Gasteiger partial charge is 0.411 e. The van der Waals surface area contributed by atoms with Crippen LogP contribution in [0.5, 0.6) is 5.75 Å². The molecule has 0 radical (unpaired) electrons. The van der Waals surface area contributed by atoms with Gasteiger partial charge in [0.25, 0.3) is 5.91 Å². The van der Waals surface area contributed by atoms with Crippen LogP contribution in [0.25, 0.3) is 5.57 Å². The number of hydrogen-bond acceptors (Lipinski definition) is 9. The van der Waals surface area contributed by atoms with E-state index in [2.05, 4.69) is 33.9 Å². The van der Waals surface area contributed by atoms with Crippen molar-refractivity contribution in [2.75, 3.05) is 26.8 Å². The first-order valence-corrected chi connectivity index (χ1v) is 23.5. The standard InChI is InChI=1S/C42H64N4O7SSi/c1-27-28(16-14-17-33(27)50-11)24-45(29-19-20-29)37(47)36-31(34-23-43-35(54-34)18-15-21-51-55(12,13)42(8,9)10)22-30-25-44(38(48)52-40(2,3)4)26-32(36)46(30)39(49)53-41(5,6)7/h14,16-17,23,29-30,32H,15,18-22,24-26H2,1-13H3. The molecule has 55 heavy (non-hydrogen) atoms. The monoisotopic (exact) mass is 796 g/mol. The van der Waals surface area contributed by atoms with Gasteiger partial charge in [0.2, 0.25) is 0 Å². The van der Waals surface area contributed by atoms with Gasteiger partial charge in [-0.15, -0.1) is 11.3 Å². The van der Waals surface area contributed by atoms with E-state index in [1.807, 2.05) is 77.8 Å². The average molecular weight is 797 g/mol. The number of carbonyl (C=O) groups is 3. The van der Waals surface area contributed by atoms with Crippen molar-refractivity contribution in [3.63, 3.8) is 0 Å². The van der Waals surface area contributed by atoms with Crippen LogP contribution in [0.3, 0.4) is 0 Å². The maximum Gasteiger partial charge on any atom is 0.411 e. The van der Waals surface area contributed by atoms with E-state index >= 15 is 4.79 Å². The summed E-state index contributed by atoms with van der Waals surface area (Å²) in [6.45, 7) is 25.7. The molecule has 3 amide bonds. The van der Waals surface area contributed by atoms with Crippen LogP contribution in [0, 0.1) is 6.92 Å². The minimum Gasteiger partial charge on any atom is -0.496 e. The lowest BCUT2D eigenvalue weighted by Gasteiger charge is -2.51. The molecule has 1 saturated carbocycles. The van der Waals surface area contributed by atoms with Gasteiger partial charge in [-0.3, -0.25) is 9.69 Å². The molecule has 3 heterocycles. The van der Waals surface area contributed by atoms with E-state index in [-0.39, 0.29) is 30.1 Å². The van der Waals surface area contributed by atoms with Crippen LogP contribution in [-0.2, 0) is 31.7 Å². The molecule has 5 rings (SSSR count). The first-order valence-electron chi connectivity index (χ1n) is 19.7. The van der Waals surface area contributed by atoms with E-state index in [1.54, 1.807) is 28.2 Å². The second kappa shape index (κ2) is 16.2. The molecule has 0 N–H and O–H groups in total. The number of aryl methyl sites for hydroxylation is 1. The molecule has 3 aliphatic rings. The molecule has 2 fully saturated rings. The Morgan fingerprint density at radius 2 is 1.62 bits per heavy atom. The number of thiazole rings is 1. The van der Waals surface area contributed by atoms with Crippen LogP contribution in [0.4, 0.5) is 9.59 Å². The Morgan fingerprint density at radius 1 is 0.964 bits per heavy atom. The molecule has 2 unspecified atom stereocenters. The molecule has 13 heteroatoms. The number of amides is 3. The molecule has 0 spiro atoms. The Labute approximate surface area is 333 Å². The van der Waals surface area contributed by atoms with Crippen molar-refractivity contribution in [2.24, 2.45) is 0 Å². The Morgan fingerprint density at radius 3 is 2.22 bits per heavy atom. The minimum atomic E-state index is -1.86. The van der Waals surface area contributed by atoms with E-state index < -0.39 is 43.8 Å². The fourth-order valence-electron chi connectivity index (χ4n) is 6.96. The topological polar surface area (TPSA) is 111 Å². The van der Waals surface area contributed by atoms with E-state index in [0.29, 0.717) is 25.1 Å². The number of rotatable bonds is 11. The fraction of sp³-hybridized carbons (Fsp3) is 0.667. The quantitative estimate of drug-likeness (QED) is 0.164. The highest BCUT2D eigenvalue weighted by atomic mass is 32.1. The number of methoxy groups -OCH3 is 1. The molecule has 2 aliphatic heterocycles. The van der Waals surface area contributed by atoms with E-state index in [0.717, 1.165) is 58.0 Å². The predicted molar refractivity (Wildman–Crippen MR) is 220 cm³/mol. The second-order valence-electron chi connectivity index (χ2n) is 18.8. The average Bonchev–Trinajstić information content (AvgIpc) is 3.79. The largest absolute Gasteiger partial charge is 0.496 e. The highest BCUT2D eigenvalue weighted by Gasteiger charge is 2.51. The van der Waals surface area contributed by atoms with Crippen LogP contribution in [0.15, 0.2) is 30.0 Å². The molecule has 1 aromatic heterocycles. The molecule has 2 aromatic rings. The van der Waals surface area contributed by atoms with Crippen LogP contribution < -0.4 is 4.74 Å². The van der Waals surface area contributed by atoms with Gasteiger partial charge in [-0.05, 0) is 115 Å². The Hall–Kier alpha value is -3.42. The second-order valence-corrected chi connectivity index (χ2v) is 24.7. The summed E-state index contributed by atoms with van der Waals surface area (Å²) in [6.07, 6.45) is 4.69. The van der Waals surface area contributed by atoms with Gasteiger partial charge in [0, 0.05) is 50.5 Å². The number of carbonyl (C=O) groups excluding carboxylic acids is 3. The maximum absolute atomic E-state index is 15.4. The first-order chi connectivity index (χ1) is 25.5. The number of hydrogen-bond donors (Lipinski definition) is 0. The van der Waals surface area contributed by atoms with Gasteiger partial charge in [-0.2, -0.15) is 0 Å². The first kappa shape index (κ1) is 42.7. The third-order valence-corrected chi connectivity index (χ3v) is 16.7. The van der Waals surface area contributed by atoms with Gasteiger partial charge in [0.05, 0.1) is 29.1 Å². The highest BCUT2D eigenvalue weighted by Crippen LogP contribution is 2.44. The maximum atomic E-state index is 15.4. The van der Waals surface area contributed by atoms with Gasteiger partial charge in [0.15, 0.2) is 8.32 Å². The lowest BCUT2D eigenvalue weighted by Crippen LogP contribution is -2.66. The summed E-state index contributed by atoms with van der Waals surface area (Å²) in [7, 11) is -0.210. The van der Waals surface area contributed by atoms with Crippen molar-refractivity contribution < 1.29 is 33.0 Å². The SMILES string of the molecule is COc1cccc(CN(C(=O)C2=C(c3cnc(CCCO[Si](C)(C)C(C)(C)C)s3)CC3CN(C(=O)OC(C)(C)C)CC2N3C(=O)OC(C)(C)C)C2CC2)c1C. The summed E-state index contributed by atoms with van der Waals surface area (Å²) in [5.41, 5.74) is 1.92. The van der Waals surface area contributed by atoms with Crippen molar-refractivity contribution in [1.82, 2.24) is 19.7 Å². The van der Waals surface area contributed by atoms with E-state index in [4.69, 9.17) is 23.6 Å². The van der Waals surface area contributed by atoms with E-state index in [9.17, 15) is 9.59 Å². The van der Waals surface area contributed by atoms with Crippen LogP contribution in [0.2, 0.25) is 18.1 Å². The number of aromatic nitrogens is 1. The molecule has 1 aromatic carbocycles. The predicted octanol–water partition coefficient (Wildman–Crippen LogP) is 8.99. The molecular weight excluding hydrogens is 733 g/mol. The lowest BCUT2D eigenvalue weighted by molar-refractivity contribution is -0.129. The molecule has 2 atom stereocenters. The summed E-state index contributed by atoms with van der Waals surface area (Å²) in [6, 6.07) is 4.78. The molecule has 11 nitrogen and oxygen atoms in total. The van der Waals surface area contributed by atoms with E-state index in [1.165, 1.54) is 0 Å². The zero-order chi connectivity index (χ0) is 40.7. The van der Waals surface area contributed by atoms with Crippen LogP contribution in [0.1, 0.15) is 109 Å². The van der Waals surface area contributed by atoms with Crippen molar-refractivity contribution in [2.45, 2.75) is 155 Å². The fourth-order valence-corrected chi connectivity index (χ4v) is 9.07. The molecule has 2 bridgehead atoms. The number of benzene rings is 1. The Kier molecular flexibility index (Phi) is 12.6. The summed E-state index contributed by atoms with van der Waals surface area (Å²) in [5, 5.41) is 1.12. The Bertz CT molecular complexity index is 1770. The van der Waals surface area contributed by atoms with Gasteiger partial charge in [-0.25, -0.2) is 14.6 Å². The number of piperazine rings is 1. The lowest BCUT2D eigenvalue weighted by atomic mass is 9.83. The van der Waals surface area contributed by atoms with Crippen molar-refractivity contribution >= 4 is 43.3 Å². The van der Waals surface area contributed by atoms with Crippen LogP contribution in [-0.4, -0.2) is 102 Å². The zero-order valence-corrected chi connectivity index (χ0v) is 37.3. The minimum absolute atomic E-state index is 0.0584. The van der Waals surface area contributed by atoms with Crippen molar-refractivity contribution in [3.8, 4) is 5.75 Å². The normalized spacial score (nSPS) is 19.4. The molecule has 1 saturated heterocycles. The van der Waals surface area contributed by atoms with Crippen molar-refractivity contribution in [3.05, 3.63) is 51.0 Å². The van der Waals surface area contributed by atoms with Gasteiger partial charge in [-0.1, -0.05) is 32.9 Å². The van der Waals surface area contributed by atoms with Crippen LogP contribution >= 0.6 is 11.3 Å². The number of fused-ring (bicyclic) bond motifs is 2. The molecule has 304 valence electrons. The van der Waals surface area contributed by atoms with Gasteiger partial charge < -0.3 is 28.4 Å². The zero-order valence-electron chi connectivity index (χ0n) is 35.5. The third kappa shape index (κ3) is 10.3. The Balaban J connectivity index is 1.56. The number of ether oxygens (including phenoxy) is 3. The molecule has 1 aliphatic carbocycles. The number of nitrogens with zero attached hydrogens (tertiary/aromatic N) is 4.